The Morgan fingerprint density at radius 1 is 1.27 bits per heavy atom. The number of nitrogens with one attached hydrogen (secondary N) is 1. The molecule has 0 fully saturated rings. The van der Waals surface area contributed by atoms with Gasteiger partial charge >= 0.3 is 18.1 Å². The van der Waals surface area contributed by atoms with E-state index in [9.17, 15) is 22.8 Å². The van der Waals surface area contributed by atoms with Gasteiger partial charge in [0.1, 0.15) is 5.56 Å². The summed E-state index contributed by atoms with van der Waals surface area (Å²) in [4.78, 5) is 22.1. The number of halogens is 3. The van der Waals surface area contributed by atoms with E-state index in [4.69, 9.17) is 5.11 Å². The topological polar surface area (TPSA) is 110 Å². The summed E-state index contributed by atoms with van der Waals surface area (Å²) < 4.78 is 37.8. The van der Waals surface area contributed by atoms with Crippen LogP contribution in [0.25, 0.3) is 5.82 Å². The van der Waals surface area contributed by atoms with E-state index in [0.29, 0.717) is 5.69 Å². The summed E-state index contributed by atoms with van der Waals surface area (Å²) in [6.07, 6.45) is -4.38. The molecule has 11 heteroatoms. The number of hydrogen-bond donors (Lipinski definition) is 2. The van der Waals surface area contributed by atoms with Gasteiger partial charge in [0.2, 0.25) is 0 Å². The average Bonchev–Trinajstić information content (AvgIpc) is 2.82. The van der Waals surface area contributed by atoms with E-state index in [2.05, 4.69) is 15.3 Å². The van der Waals surface area contributed by atoms with E-state index in [1.54, 1.807) is 6.92 Å². The second-order valence-electron chi connectivity index (χ2n) is 4.11. The molecule has 0 unspecified atom stereocenters. The highest BCUT2D eigenvalue weighted by Crippen LogP contribution is 2.23. The van der Waals surface area contributed by atoms with E-state index in [1.807, 2.05) is 0 Å². The predicted octanol–water partition coefficient (Wildman–Crippen LogP) is 1.17. The number of carbonyl (C=O) groups is 2. The Morgan fingerprint density at radius 2 is 1.95 bits per heavy atom. The summed E-state index contributed by atoms with van der Waals surface area (Å²) >= 11 is 0. The zero-order valence-corrected chi connectivity index (χ0v) is 10.9. The van der Waals surface area contributed by atoms with Gasteiger partial charge < -0.3 is 10.4 Å². The summed E-state index contributed by atoms with van der Waals surface area (Å²) in [5.41, 5.74) is -0.0739. The van der Waals surface area contributed by atoms with Crippen molar-refractivity contribution in [1.82, 2.24) is 20.0 Å². The molecular formula is C11H8F3N5O3. The van der Waals surface area contributed by atoms with Crippen LogP contribution in [-0.2, 0) is 4.79 Å². The third-order valence-electron chi connectivity index (χ3n) is 2.49. The summed E-state index contributed by atoms with van der Waals surface area (Å²) in [7, 11) is 0. The molecule has 0 spiro atoms. The third kappa shape index (κ3) is 3.02. The predicted molar refractivity (Wildman–Crippen MR) is 65.5 cm³/mol. The van der Waals surface area contributed by atoms with Crippen molar-refractivity contribution in [2.24, 2.45) is 0 Å². The Balaban J connectivity index is 2.49. The van der Waals surface area contributed by atoms with E-state index in [1.165, 1.54) is 17.4 Å². The molecule has 0 saturated heterocycles. The molecule has 0 aliphatic rings. The van der Waals surface area contributed by atoms with E-state index < -0.39 is 29.4 Å². The lowest BCUT2D eigenvalue weighted by atomic mass is 10.3. The SMILES string of the molecule is Cc1ccc(-n2ncc(C(=O)O)c2NC(=O)C(F)(F)F)nn1. The van der Waals surface area contributed by atoms with Crippen molar-refractivity contribution in [3.05, 3.63) is 29.6 Å². The molecule has 0 aromatic carbocycles. The molecule has 1 amide bonds. The minimum Gasteiger partial charge on any atom is -0.477 e. The number of nitrogens with zero attached hydrogens (tertiary/aromatic N) is 4. The molecule has 8 nitrogen and oxygen atoms in total. The fourth-order valence-corrected chi connectivity index (χ4v) is 1.48. The molecule has 0 aliphatic carbocycles. The van der Waals surface area contributed by atoms with Crippen molar-refractivity contribution in [3.63, 3.8) is 0 Å². The Labute approximate surface area is 120 Å². The number of aromatic carboxylic acids is 1. The summed E-state index contributed by atoms with van der Waals surface area (Å²) in [6, 6.07) is 2.87. The number of carbonyl (C=O) groups excluding carboxylic acids is 1. The number of carboxylic acid groups (broad SMARTS) is 1. The minimum atomic E-state index is -5.18. The smallest absolute Gasteiger partial charge is 0.471 e. The Kier molecular flexibility index (Phi) is 3.80. The highest BCUT2D eigenvalue weighted by Gasteiger charge is 2.40. The molecule has 2 aromatic rings. The molecule has 2 N–H and O–H groups in total. The van der Waals surface area contributed by atoms with Crippen LogP contribution >= 0.6 is 0 Å². The van der Waals surface area contributed by atoms with Gasteiger partial charge in [0.05, 0.1) is 11.9 Å². The molecule has 0 bridgehead atoms. The lowest BCUT2D eigenvalue weighted by Gasteiger charge is -2.10. The third-order valence-corrected chi connectivity index (χ3v) is 2.49. The van der Waals surface area contributed by atoms with Gasteiger partial charge in [0.25, 0.3) is 0 Å². The van der Waals surface area contributed by atoms with Gasteiger partial charge in [-0.05, 0) is 19.1 Å². The standard InChI is InChI=1S/C11H8F3N5O3/c1-5-2-3-7(18-17-5)19-8(6(4-15-19)9(20)21)16-10(22)11(12,13)14/h2-4H,1H3,(H,16,22)(H,20,21). The van der Waals surface area contributed by atoms with Gasteiger partial charge in [-0.15, -0.1) is 5.10 Å². The number of aryl methyl sites for hydroxylation is 1. The van der Waals surface area contributed by atoms with Gasteiger partial charge in [-0.3, -0.25) is 4.79 Å². The van der Waals surface area contributed by atoms with Crippen molar-refractivity contribution in [3.8, 4) is 5.82 Å². The number of hydrogen-bond acceptors (Lipinski definition) is 5. The first-order valence-corrected chi connectivity index (χ1v) is 5.70. The number of anilines is 1. The van der Waals surface area contributed by atoms with Crippen molar-refractivity contribution < 1.29 is 27.9 Å². The molecule has 0 aliphatic heterocycles. The minimum absolute atomic E-state index is 0.0458. The van der Waals surface area contributed by atoms with E-state index >= 15 is 0 Å². The van der Waals surface area contributed by atoms with Crippen molar-refractivity contribution in [2.75, 3.05) is 5.32 Å². The molecule has 0 radical (unpaired) electrons. The molecule has 2 aromatic heterocycles. The fraction of sp³-hybridized carbons (Fsp3) is 0.182. The van der Waals surface area contributed by atoms with Gasteiger partial charge in [-0.1, -0.05) is 0 Å². The highest BCUT2D eigenvalue weighted by molar-refractivity contribution is 6.01. The van der Waals surface area contributed by atoms with E-state index in [-0.39, 0.29) is 5.82 Å². The van der Waals surface area contributed by atoms with Crippen LogP contribution in [0.3, 0.4) is 0 Å². The maximum absolute atomic E-state index is 12.3. The van der Waals surface area contributed by atoms with Gasteiger partial charge in [-0.2, -0.15) is 28.1 Å². The summed E-state index contributed by atoms with van der Waals surface area (Å²) in [5, 5.41) is 21.4. The van der Waals surface area contributed by atoms with Gasteiger partial charge in [0, 0.05) is 0 Å². The second-order valence-corrected chi connectivity index (χ2v) is 4.11. The fourth-order valence-electron chi connectivity index (χ4n) is 1.48. The molecule has 0 saturated carbocycles. The van der Waals surface area contributed by atoms with Crippen LogP contribution < -0.4 is 5.32 Å². The van der Waals surface area contributed by atoms with Crippen LogP contribution in [0.2, 0.25) is 0 Å². The monoisotopic (exact) mass is 315 g/mol. The molecule has 2 rings (SSSR count). The molecule has 22 heavy (non-hydrogen) atoms. The van der Waals surface area contributed by atoms with Crippen LogP contribution in [0.4, 0.5) is 19.0 Å². The van der Waals surface area contributed by atoms with Gasteiger partial charge in [-0.25, -0.2) is 4.79 Å². The lowest BCUT2D eigenvalue weighted by Crippen LogP contribution is -2.31. The first-order valence-electron chi connectivity index (χ1n) is 5.70. The molecule has 0 atom stereocenters. The molecule has 2 heterocycles. The normalized spacial score (nSPS) is 11.3. The quantitative estimate of drug-likeness (QED) is 0.880. The Hall–Kier alpha value is -2.98. The number of amides is 1. The summed E-state index contributed by atoms with van der Waals surface area (Å²) in [6.45, 7) is 1.63. The largest absolute Gasteiger partial charge is 0.477 e. The number of aromatic nitrogens is 4. The zero-order valence-electron chi connectivity index (χ0n) is 10.9. The Bertz CT molecular complexity index is 724. The molecular weight excluding hydrogens is 307 g/mol. The maximum Gasteiger partial charge on any atom is 0.471 e. The number of alkyl halides is 3. The van der Waals surface area contributed by atoms with Crippen LogP contribution in [0.5, 0.6) is 0 Å². The highest BCUT2D eigenvalue weighted by atomic mass is 19.4. The van der Waals surface area contributed by atoms with Crippen molar-refractivity contribution in [2.45, 2.75) is 13.1 Å². The zero-order chi connectivity index (χ0) is 16.5. The summed E-state index contributed by atoms with van der Waals surface area (Å²) in [5.74, 6) is -4.58. The number of rotatable bonds is 3. The van der Waals surface area contributed by atoms with E-state index in [0.717, 1.165) is 10.9 Å². The van der Waals surface area contributed by atoms with Crippen molar-refractivity contribution in [1.29, 1.82) is 0 Å². The van der Waals surface area contributed by atoms with Crippen LogP contribution in [0.15, 0.2) is 18.3 Å². The Morgan fingerprint density at radius 3 is 2.45 bits per heavy atom. The van der Waals surface area contributed by atoms with Crippen LogP contribution in [0, 0.1) is 6.92 Å². The first-order chi connectivity index (χ1) is 10.2. The second kappa shape index (κ2) is 5.42. The lowest BCUT2D eigenvalue weighted by molar-refractivity contribution is -0.167. The van der Waals surface area contributed by atoms with Crippen LogP contribution in [-0.4, -0.2) is 43.1 Å². The van der Waals surface area contributed by atoms with Gasteiger partial charge in [0.15, 0.2) is 11.6 Å². The van der Waals surface area contributed by atoms with Crippen molar-refractivity contribution >= 4 is 17.7 Å². The first kappa shape index (κ1) is 15.4. The molecule has 116 valence electrons. The van der Waals surface area contributed by atoms with Crippen LogP contribution in [0.1, 0.15) is 16.1 Å². The maximum atomic E-state index is 12.3. The average molecular weight is 315 g/mol. The number of carboxylic acids is 1.